The fraction of sp³-hybridized carbons (Fsp3) is 0.625. The molecule has 0 aromatic heterocycles. The van der Waals surface area contributed by atoms with Gasteiger partial charge >= 0.3 is 5.97 Å². The van der Waals surface area contributed by atoms with Gasteiger partial charge < -0.3 is 9.84 Å². The van der Waals surface area contributed by atoms with Crippen LogP contribution < -0.4 is 0 Å². The molecule has 3 nitrogen and oxygen atoms in total. The Labute approximate surface area is 65.7 Å². The van der Waals surface area contributed by atoms with Gasteiger partial charge in [0, 0.05) is 5.57 Å². The first-order valence-electron chi connectivity index (χ1n) is 3.66. The van der Waals surface area contributed by atoms with Crippen molar-refractivity contribution >= 4 is 5.97 Å². The molecule has 62 valence electrons. The van der Waals surface area contributed by atoms with E-state index in [9.17, 15) is 4.79 Å². The molecular weight excluding hydrogens is 144 g/mol. The summed E-state index contributed by atoms with van der Waals surface area (Å²) in [7, 11) is 0. The van der Waals surface area contributed by atoms with Crippen LogP contribution in [-0.2, 0) is 9.53 Å². The maximum absolute atomic E-state index is 10.9. The second-order valence-corrected chi connectivity index (χ2v) is 2.87. The van der Waals surface area contributed by atoms with Crippen molar-refractivity contribution in [3.8, 4) is 0 Å². The number of hydrogen-bond donors (Lipinski definition) is 1. The zero-order chi connectivity index (χ0) is 8.43. The molecule has 0 aromatic carbocycles. The van der Waals surface area contributed by atoms with E-state index in [0.29, 0.717) is 5.57 Å². The van der Waals surface area contributed by atoms with Gasteiger partial charge in [0.1, 0.15) is 6.10 Å². The normalized spacial score (nSPS) is 28.9. The third kappa shape index (κ3) is 1.80. The second kappa shape index (κ2) is 3.05. The molecular formula is C8H12O3. The van der Waals surface area contributed by atoms with Gasteiger partial charge in [-0.05, 0) is 19.8 Å². The third-order valence-electron chi connectivity index (χ3n) is 1.78. The summed E-state index contributed by atoms with van der Waals surface area (Å²) in [6.45, 7) is 5.03. The molecule has 11 heavy (non-hydrogen) atoms. The first-order chi connectivity index (χ1) is 5.11. The third-order valence-corrected chi connectivity index (χ3v) is 1.78. The molecule has 2 atom stereocenters. The highest BCUT2D eigenvalue weighted by Gasteiger charge is 2.32. The minimum atomic E-state index is -0.460. The van der Waals surface area contributed by atoms with Crippen LogP contribution in [0.1, 0.15) is 19.8 Å². The largest absolute Gasteiger partial charge is 0.456 e. The first kappa shape index (κ1) is 8.27. The first-order valence-corrected chi connectivity index (χ1v) is 3.66. The van der Waals surface area contributed by atoms with Crippen LogP contribution in [0.3, 0.4) is 0 Å². The highest BCUT2D eigenvalue weighted by atomic mass is 16.6. The molecule has 1 aliphatic carbocycles. The Morgan fingerprint density at radius 2 is 2.27 bits per heavy atom. The van der Waals surface area contributed by atoms with Crippen molar-refractivity contribution in [3.63, 3.8) is 0 Å². The summed E-state index contributed by atoms with van der Waals surface area (Å²) in [5.74, 6) is -0.409. The van der Waals surface area contributed by atoms with Gasteiger partial charge in [0.15, 0.2) is 0 Å². The van der Waals surface area contributed by atoms with Crippen LogP contribution in [0.5, 0.6) is 0 Å². The Hall–Kier alpha value is -0.830. The molecule has 0 aromatic rings. The van der Waals surface area contributed by atoms with E-state index in [1.165, 1.54) is 0 Å². The van der Waals surface area contributed by atoms with Crippen molar-refractivity contribution in [1.82, 2.24) is 0 Å². The molecule has 1 N–H and O–H groups in total. The van der Waals surface area contributed by atoms with Crippen molar-refractivity contribution in [2.45, 2.75) is 32.0 Å². The van der Waals surface area contributed by atoms with Gasteiger partial charge in [-0.3, -0.25) is 0 Å². The van der Waals surface area contributed by atoms with Gasteiger partial charge in [0.2, 0.25) is 0 Å². The lowest BCUT2D eigenvalue weighted by Crippen LogP contribution is -2.40. The lowest BCUT2D eigenvalue weighted by atomic mass is 9.92. The van der Waals surface area contributed by atoms with E-state index in [4.69, 9.17) is 9.84 Å². The number of hydrogen-bond acceptors (Lipinski definition) is 3. The maximum Gasteiger partial charge on any atom is 0.333 e. The van der Waals surface area contributed by atoms with E-state index in [-0.39, 0.29) is 6.10 Å². The van der Waals surface area contributed by atoms with E-state index in [1.807, 2.05) is 0 Å². The number of ether oxygens (including phenoxy) is 1. The van der Waals surface area contributed by atoms with Gasteiger partial charge in [-0.15, -0.1) is 0 Å². The molecule has 1 aliphatic rings. The second-order valence-electron chi connectivity index (χ2n) is 2.87. The average Bonchev–Trinajstić information content (AvgIpc) is 1.96. The molecule has 0 heterocycles. The van der Waals surface area contributed by atoms with Crippen molar-refractivity contribution in [2.75, 3.05) is 0 Å². The van der Waals surface area contributed by atoms with E-state index in [2.05, 4.69) is 6.58 Å². The zero-order valence-corrected chi connectivity index (χ0v) is 6.54. The molecule has 1 saturated carbocycles. The SMILES string of the molecule is C=C(C)C(=O)OC1CCC1O. The summed E-state index contributed by atoms with van der Waals surface area (Å²) in [6.07, 6.45) is 0.742. The molecule has 3 heteroatoms. The lowest BCUT2D eigenvalue weighted by molar-refractivity contribution is -0.159. The average molecular weight is 156 g/mol. The molecule has 0 spiro atoms. The smallest absolute Gasteiger partial charge is 0.333 e. The Bertz CT molecular complexity index is 186. The van der Waals surface area contributed by atoms with Crippen molar-refractivity contribution < 1.29 is 14.6 Å². The summed E-state index contributed by atoms with van der Waals surface area (Å²) in [5, 5.41) is 9.03. The number of aliphatic hydroxyl groups is 1. The minimum Gasteiger partial charge on any atom is -0.456 e. The number of aliphatic hydroxyl groups excluding tert-OH is 1. The topological polar surface area (TPSA) is 46.5 Å². The molecule has 2 unspecified atom stereocenters. The van der Waals surface area contributed by atoms with Crippen molar-refractivity contribution in [2.24, 2.45) is 0 Å². The van der Waals surface area contributed by atoms with Gasteiger partial charge in [0.05, 0.1) is 6.10 Å². The fourth-order valence-corrected chi connectivity index (χ4v) is 0.827. The summed E-state index contributed by atoms with van der Waals surface area (Å²) in [5.41, 5.74) is 0.379. The van der Waals surface area contributed by atoms with Crippen LogP contribution in [-0.4, -0.2) is 23.3 Å². The molecule has 0 bridgehead atoms. The number of esters is 1. The van der Waals surface area contributed by atoms with E-state index < -0.39 is 12.1 Å². The highest BCUT2D eigenvalue weighted by molar-refractivity contribution is 5.87. The van der Waals surface area contributed by atoms with Crippen LogP contribution in [0.25, 0.3) is 0 Å². The van der Waals surface area contributed by atoms with Gasteiger partial charge in [0.25, 0.3) is 0 Å². The van der Waals surface area contributed by atoms with Crippen molar-refractivity contribution in [3.05, 3.63) is 12.2 Å². The van der Waals surface area contributed by atoms with Gasteiger partial charge in [-0.2, -0.15) is 0 Å². The molecule has 1 rings (SSSR count). The molecule has 1 fully saturated rings. The highest BCUT2D eigenvalue weighted by Crippen LogP contribution is 2.23. The summed E-state index contributed by atoms with van der Waals surface area (Å²) < 4.78 is 4.87. The van der Waals surface area contributed by atoms with Crippen LogP contribution in [0, 0.1) is 0 Å². The fourth-order valence-electron chi connectivity index (χ4n) is 0.827. The van der Waals surface area contributed by atoms with Crippen LogP contribution in [0.4, 0.5) is 0 Å². The Morgan fingerprint density at radius 3 is 2.55 bits per heavy atom. The van der Waals surface area contributed by atoms with E-state index >= 15 is 0 Å². The predicted octanol–water partition coefficient (Wildman–Crippen LogP) is 0.629. The molecule has 0 aliphatic heterocycles. The predicted molar refractivity (Wildman–Crippen MR) is 39.9 cm³/mol. The summed E-state index contributed by atoms with van der Waals surface area (Å²) in [4.78, 5) is 10.9. The van der Waals surface area contributed by atoms with Gasteiger partial charge in [-0.25, -0.2) is 4.79 Å². The number of rotatable bonds is 2. The van der Waals surface area contributed by atoms with Crippen LogP contribution >= 0.6 is 0 Å². The monoisotopic (exact) mass is 156 g/mol. The molecule has 0 radical (unpaired) electrons. The number of carbonyl (C=O) groups is 1. The Balaban J connectivity index is 2.31. The molecule has 0 saturated heterocycles. The standard InChI is InChI=1S/C8H12O3/c1-5(2)8(10)11-7-4-3-6(7)9/h6-7,9H,1,3-4H2,2H3. The van der Waals surface area contributed by atoms with Crippen LogP contribution in [0.2, 0.25) is 0 Å². The minimum absolute atomic E-state index is 0.292. The van der Waals surface area contributed by atoms with Crippen LogP contribution in [0.15, 0.2) is 12.2 Å². The Morgan fingerprint density at radius 1 is 1.64 bits per heavy atom. The zero-order valence-electron chi connectivity index (χ0n) is 6.54. The summed E-state index contributed by atoms with van der Waals surface area (Å²) in [6, 6.07) is 0. The maximum atomic E-state index is 10.9. The number of carbonyl (C=O) groups excluding carboxylic acids is 1. The quantitative estimate of drug-likeness (QED) is 0.471. The van der Waals surface area contributed by atoms with Gasteiger partial charge in [-0.1, -0.05) is 6.58 Å². The molecule has 0 amide bonds. The van der Waals surface area contributed by atoms with E-state index in [0.717, 1.165) is 12.8 Å². The Kier molecular flexibility index (Phi) is 2.29. The van der Waals surface area contributed by atoms with E-state index in [1.54, 1.807) is 6.92 Å². The lowest BCUT2D eigenvalue weighted by Gasteiger charge is -2.31. The summed E-state index contributed by atoms with van der Waals surface area (Å²) >= 11 is 0. The van der Waals surface area contributed by atoms with Crippen molar-refractivity contribution in [1.29, 1.82) is 0 Å².